The number of hydrogen-bond acceptors (Lipinski definition) is 3. The largest absolute Gasteiger partial charge is 0.466 e. The van der Waals surface area contributed by atoms with Crippen molar-refractivity contribution in [2.75, 3.05) is 6.61 Å². The summed E-state index contributed by atoms with van der Waals surface area (Å²) in [5, 5.41) is 0. The van der Waals surface area contributed by atoms with Gasteiger partial charge in [0.1, 0.15) is 0 Å². The molecule has 0 aromatic rings. The Bertz CT molecular complexity index is 461. The van der Waals surface area contributed by atoms with Gasteiger partial charge in [-0.05, 0) is 43.1 Å². The zero-order valence-electron chi connectivity index (χ0n) is 13.3. The zero-order chi connectivity index (χ0) is 15.1. The normalized spacial score (nSPS) is 34.5. The minimum atomic E-state index is -0.285. The highest BCUT2D eigenvalue weighted by Gasteiger charge is 2.63. The maximum Gasteiger partial charge on any atom is 0.312 e. The van der Waals surface area contributed by atoms with Gasteiger partial charge in [-0.2, -0.15) is 0 Å². The van der Waals surface area contributed by atoms with E-state index in [1.54, 1.807) is 0 Å². The fourth-order valence-corrected chi connectivity index (χ4v) is 3.94. The highest BCUT2D eigenvalue weighted by Crippen LogP contribution is 2.65. The molecule has 2 aliphatic carbocycles. The minimum Gasteiger partial charge on any atom is -0.466 e. The number of Topliss-reactive ketones (excluding diaryl/α,β-unsaturated/α-hetero) is 1. The molecule has 0 spiro atoms. The molecular formula is C17H26O3. The summed E-state index contributed by atoms with van der Waals surface area (Å²) >= 11 is 0. The molecule has 2 bridgehead atoms. The van der Waals surface area contributed by atoms with Gasteiger partial charge in [0.15, 0.2) is 5.78 Å². The zero-order valence-corrected chi connectivity index (χ0v) is 13.3. The molecule has 0 unspecified atom stereocenters. The van der Waals surface area contributed by atoms with E-state index in [2.05, 4.69) is 20.8 Å². The molecule has 0 amide bonds. The lowest BCUT2D eigenvalue weighted by Gasteiger charge is -2.31. The molecule has 2 fully saturated rings. The van der Waals surface area contributed by atoms with Crippen LogP contribution in [0.2, 0.25) is 0 Å². The SMILES string of the molecule is CCOC(=O)[C@@H](/C=C1/C(=O)[C@@]2(C)CC[C@@H]1C2(C)C)CC. The molecular weight excluding hydrogens is 252 g/mol. The second-order valence-electron chi connectivity index (χ2n) is 6.86. The van der Waals surface area contributed by atoms with Crippen LogP contribution in [0.1, 0.15) is 53.9 Å². The van der Waals surface area contributed by atoms with Gasteiger partial charge in [0, 0.05) is 5.41 Å². The highest BCUT2D eigenvalue weighted by atomic mass is 16.5. The number of ether oxygens (including phenoxy) is 1. The van der Waals surface area contributed by atoms with Crippen molar-refractivity contribution in [1.82, 2.24) is 0 Å². The van der Waals surface area contributed by atoms with Gasteiger partial charge < -0.3 is 4.74 Å². The van der Waals surface area contributed by atoms with Crippen LogP contribution in [0.5, 0.6) is 0 Å². The number of carbonyl (C=O) groups excluding carboxylic acids is 2. The van der Waals surface area contributed by atoms with Crippen LogP contribution in [-0.4, -0.2) is 18.4 Å². The van der Waals surface area contributed by atoms with Crippen LogP contribution in [0.4, 0.5) is 0 Å². The molecule has 0 N–H and O–H groups in total. The molecule has 3 nitrogen and oxygen atoms in total. The number of allylic oxidation sites excluding steroid dienone is 1. The van der Waals surface area contributed by atoms with Crippen LogP contribution in [0.3, 0.4) is 0 Å². The van der Waals surface area contributed by atoms with Crippen molar-refractivity contribution in [2.45, 2.75) is 53.9 Å². The third-order valence-corrected chi connectivity index (χ3v) is 5.77. The van der Waals surface area contributed by atoms with Crippen molar-refractivity contribution in [3.8, 4) is 0 Å². The molecule has 3 atom stereocenters. The Morgan fingerprint density at radius 1 is 1.40 bits per heavy atom. The molecule has 0 aliphatic heterocycles. The summed E-state index contributed by atoms with van der Waals surface area (Å²) in [5.74, 6) is 0.0543. The first-order valence-electron chi connectivity index (χ1n) is 7.72. The van der Waals surface area contributed by atoms with Gasteiger partial charge in [0.2, 0.25) is 0 Å². The van der Waals surface area contributed by atoms with Crippen molar-refractivity contribution in [1.29, 1.82) is 0 Å². The van der Waals surface area contributed by atoms with Gasteiger partial charge in [-0.1, -0.05) is 33.8 Å². The average Bonchev–Trinajstić information content (AvgIpc) is 2.69. The van der Waals surface area contributed by atoms with E-state index in [1.807, 2.05) is 19.9 Å². The second kappa shape index (κ2) is 5.01. The van der Waals surface area contributed by atoms with E-state index in [-0.39, 0.29) is 28.5 Å². The average molecular weight is 278 g/mol. The van der Waals surface area contributed by atoms with Crippen LogP contribution in [0, 0.1) is 22.7 Å². The highest BCUT2D eigenvalue weighted by molar-refractivity contribution is 6.05. The van der Waals surface area contributed by atoms with E-state index in [0.717, 1.165) is 18.4 Å². The maximum atomic E-state index is 12.7. The molecule has 3 heteroatoms. The van der Waals surface area contributed by atoms with Gasteiger partial charge >= 0.3 is 5.97 Å². The van der Waals surface area contributed by atoms with Gasteiger partial charge in [0.25, 0.3) is 0 Å². The van der Waals surface area contributed by atoms with Crippen molar-refractivity contribution >= 4 is 11.8 Å². The van der Waals surface area contributed by atoms with Gasteiger partial charge in [-0.3, -0.25) is 9.59 Å². The predicted molar refractivity (Wildman–Crippen MR) is 78.1 cm³/mol. The lowest BCUT2D eigenvalue weighted by atomic mass is 9.70. The standard InChI is InChI=1S/C17H26O3/c1-6-11(15(19)20-7-2)10-12-13-8-9-17(5,14(12)18)16(13,3)4/h10-11,13H,6-9H2,1-5H3/b12-10+/t11-,13+,17-/m1/s1. The van der Waals surface area contributed by atoms with E-state index in [0.29, 0.717) is 18.9 Å². The quantitative estimate of drug-likeness (QED) is 0.583. The summed E-state index contributed by atoms with van der Waals surface area (Å²) in [4.78, 5) is 24.7. The van der Waals surface area contributed by atoms with E-state index in [1.165, 1.54) is 0 Å². The first-order chi connectivity index (χ1) is 9.29. The van der Waals surface area contributed by atoms with E-state index in [9.17, 15) is 9.59 Å². The molecule has 112 valence electrons. The lowest BCUT2D eigenvalue weighted by Crippen LogP contribution is -2.32. The molecule has 2 aliphatic rings. The minimum absolute atomic E-state index is 0.00285. The van der Waals surface area contributed by atoms with Gasteiger partial charge in [-0.15, -0.1) is 0 Å². The van der Waals surface area contributed by atoms with Crippen LogP contribution in [-0.2, 0) is 14.3 Å². The van der Waals surface area contributed by atoms with Crippen molar-refractivity contribution in [3.63, 3.8) is 0 Å². The third kappa shape index (κ3) is 1.94. The maximum absolute atomic E-state index is 12.7. The van der Waals surface area contributed by atoms with E-state index in [4.69, 9.17) is 4.74 Å². The topological polar surface area (TPSA) is 43.4 Å². The Morgan fingerprint density at radius 2 is 2.05 bits per heavy atom. The molecule has 0 radical (unpaired) electrons. The van der Waals surface area contributed by atoms with E-state index >= 15 is 0 Å². The number of ketones is 1. The van der Waals surface area contributed by atoms with Gasteiger partial charge in [-0.25, -0.2) is 0 Å². The molecule has 2 rings (SSSR count). The Hall–Kier alpha value is -1.12. The number of fused-ring (bicyclic) bond motifs is 2. The summed E-state index contributed by atoms with van der Waals surface area (Å²) in [6.45, 7) is 10.6. The van der Waals surface area contributed by atoms with Crippen molar-refractivity contribution in [3.05, 3.63) is 11.6 Å². The van der Waals surface area contributed by atoms with Gasteiger partial charge in [0.05, 0.1) is 12.5 Å². The smallest absolute Gasteiger partial charge is 0.312 e. The summed E-state index contributed by atoms with van der Waals surface area (Å²) in [5.41, 5.74) is 0.628. The number of carbonyl (C=O) groups is 2. The molecule has 0 aromatic heterocycles. The van der Waals surface area contributed by atoms with Crippen LogP contribution in [0.25, 0.3) is 0 Å². The number of rotatable bonds is 4. The Kier molecular flexibility index (Phi) is 3.83. The summed E-state index contributed by atoms with van der Waals surface area (Å²) in [6.07, 6.45) is 4.61. The van der Waals surface area contributed by atoms with E-state index < -0.39 is 0 Å². The first-order valence-corrected chi connectivity index (χ1v) is 7.72. The first kappa shape index (κ1) is 15.3. The Labute approximate surface area is 121 Å². The fourth-order valence-electron chi connectivity index (χ4n) is 3.94. The summed E-state index contributed by atoms with van der Waals surface area (Å²) in [6, 6.07) is 0. The summed E-state index contributed by atoms with van der Waals surface area (Å²) < 4.78 is 5.10. The predicted octanol–water partition coefficient (Wildman–Crippen LogP) is 3.53. The summed E-state index contributed by atoms with van der Waals surface area (Å²) in [7, 11) is 0. The third-order valence-electron chi connectivity index (χ3n) is 5.77. The second-order valence-corrected chi connectivity index (χ2v) is 6.86. The molecule has 0 saturated heterocycles. The number of hydrogen-bond donors (Lipinski definition) is 0. The fraction of sp³-hybridized carbons (Fsp3) is 0.765. The lowest BCUT2D eigenvalue weighted by molar-refractivity contribution is -0.146. The monoisotopic (exact) mass is 278 g/mol. The van der Waals surface area contributed by atoms with Crippen LogP contribution >= 0.6 is 0 Å². The molecule has 0 heterocycles. The van der Waals surface area contributed by atoms with Crippen molar-refractivity contribution in [2.24, 2.45) is 22.7 Å². The van der Waals surface area contributed by atoms with Crippen LogP contribution < -0.4 is 0 Å². The molecule has 2 saturated carbocycles. The number of esters is 1. The molecule has 20 heavy (non-hydrogen) atoms. The molecule has 0 aromatic carbocycles. The van der Waals surface area contributed by atoms with Crippen molar-refractivity contribution < 1.29 is 14.3 Å². The Balaban J connectivity index is 2.32. The Morgan fingerprint density at radius 3 is 2.50 bits per heavy atom. The van der Waals surface area contributed by atoms with Crippen LogP contribution in [0.15, 0.2) is 11.6 Å².